The van der Waals surface area contributed by atoms with Crippen LogP contribution >= 0.6 is 0 Å². The van der Waals surface area contributed by atoms with Crippen LogP contribution in [0.4, 0.5) is 0 Å². The SMILES string of the molecule is O=[N+]([O-])OCC=Cc1ccccc1. The second-order valence-corrected chi connectivity index (χ2v) is 2.33. The molecule has 0 heterocycles. The lowest BCUT2D eigenvalue weighted by atomic mass is 10.2. The van der Waals surface area contributed by atoms with Gasteiger partial charge in [-0.1, -0.05) is 42.5 Å². The topological polar surface area (TPSA) is 52.4 Å². The summed E-state index contributed by atoms with van der Waals surface area (Å²) in [5.74, 6) is 0. The molecule has 1 aromatic rings. The normalized spacial score (nSPS) is 10.2. The Morgan fingerprint density at radius 3 is 2.69 bits per heavy atom. The average molecular weight is 179 g/mol. The van der Waals surface area contributed by atoms with Gasteiger partial charge >= 0.3 is 0 Å². The molecule has 0 spiro atoms. The van der Waals surface area contributed by atoms with Crippen LogP contribution in [0.3, 0.4) is 0 Å². The summed E-state index contributed by atoms with van der Waals surface area (Å²) in [5, 5.41) is 8.95. The molecule has 0 atom stereocenters. The molecule has 4 nitrogen and oxygen atoms in total. The Bertz CT molecular complexity index is 295. The van der Waals surface area contributed by atoms with Crippen molar-refractivity contribution in [2.45, 2.75) is 0 Å². The fraction of sp³-hybridized carbons (Fsp3) is 0.111. The van der Waals surface area contributed by atoms with Crippen LogP contribution in [0.1, 0.15) is 5.56 Å². The molecule has 0 unspecified atom stereocenters. The largest absolute Gasteiger partial charge is 0.310 e. The molecule has 0 radical (unpaired) electrons. The van der Waals surface area contributed by atoms with Crippen molar-refractivity contribution in [1.82, 2.24) is 0 Å². The molecule has 0 aliphatic carbocycles. The third kappa shape index (κ3) is 3.91. The average Bonchev–Trinajstić information content (AvgIpc) is 2.14. The minimum absolute atomic E-state index is 0.0120. The standard InChI is InChI=1S/C9H9NO3/c11-10(12)13-8-4-7-9-5-2-1-3-6-9/h1-7H,8H2. The molecule has 1 aromatic carbocycles. The van der Waals surface area contributed by atoms with Crippen molar-refractivity contribution in [2.75, 3.05) is 6.61 Å². The molecule has 0 saturated heterocycles. The summed E-state index contributed by atoms with van der Waals surface area (Å²) in [5.41, 5.74) is 0.995. The third-order valence-electron chi connectivity index (χ3n) is 1.39. The van der Waals surface area contributed by atoms with Crippen molar-refractivity contribution < 1.29 is 9.92 Å². The second kappa shape index (κ2) is 4.92. The van der Waals surface area contributed by atoms with Crippen LogP contribution in [0.15, 0.2) is 36.4 Å². The number of rotatable bonds is 4. The predicted octanol–water partition coefficient (Wildman–Crippen LogP) is 1.91. The Balaban J connectivity index is 2.37. The van der Waals surface area contributed by atoms with Gasteiger partial charge in [-0.25, -0.2) is 0 Å². The molecule has 1 rings (SSSR count). The summed E-state index contributed by atoms with van der Waals surface area (Å²) in [7, 11) is 0. The monoisotopic (exact) mass is 179 g/mol. The molecular weight excluding hydrogens is 170 g/mol. The van der Waals surface area contributed by atoms with E-state index in [0.717, 1.165) is 5.56 Å². The Labute approximate surface area is 75.6 Å². The van der Waals surface area contributed by atoms with Gasteiger partial charge in [0.25, 0.3) is 5.09 Å². The molecule has 0 N–H and O–H groups in total. The molecule has 0 saturated carbocycles. The van der Waals surface area contributed by atoms with Gasteiger partial charge < -0.3 is 4.84 Å². The first-order valence-electron chi connectivity index (χ1n) is 3.78. The number of hydrogen-bond donors (Lipinski definition) is 0. The summed E-state index contributed by atoms with van der Waals surface area (Å²) in [6.45, 7) is -0.0120. The van der Waals surface area contributed by atoms with Gasteiger partial charge in [0.15, 0.2) is 0 Å². The highest BCUT2D eigenvalue weighted by Gasteiger charge is 1.88. The molecule has 0 bridgehead atoms. The highest BCUT2D eigenvalue weighted by molar-refractivity contribution is 5.48. The van der Waals surface area contributed by atoms with Gasteiger partial charge in [0.1, 0.15) is 6.61 Å². The minimum atomic E-state index is -0.810. The summed E-state index contributed by atoms with van der Waals surface area (Å²) < 4.78 is 0. The maximum atomic E-state index is 9.76. The van der Waals surface area contributed by atoms with Gasteiger partial charge in [-0.2, -0.15) is 0 Å². The quantitative estimate of drug-likeness (QED) is 0.524. The van der Waals surface area contributed by atoms with Gasteiger partial charge in [0, 0.05) is 0 Å². The zero-order chi connectivity index (χ0) is 9.52. The van der Waals surface area contributed by atoms with E-state index in [1.807, 2.05) is 30.3 Å². The van der Waals surface area contributed by atoms with Gasteiger partial charge in [0.2, 0.25) is 0 Å². The van der Waals surface area contributed by atoms with E-state index in [1.54, 1.807) is 12.2 Å². The van der Waals surface area contributed by atoms with E-state index in [2.05, 4.69) is 4.84 Å². The van der Waals surface area contributed by atoms with E-state index in [1.165, 1.54) is 0 Å². The van der Waals surface area contributed by atoms with Crippen LogP contribution in [0.25, 0.3) is 6.08 Å². The first-order chi connectivity index (χ1) is 6.29. The lowest BCUT2D eigenvalue weighted by molar-refractivity contribution is -0.755. The van der Waals surface area contributed by atoms with Crippen LogP contribution < -0.4 is 0 Å². The molecule has 0 fully saturated rings. The smallest absolute Gasteiger partial charge is 0.294 e. The molecule has 0 aliphatic rings. The van der Waals surface area contributed by atoms with E-state index >= 15 is 0 Å². The van der Waals surface area contributed by atoms with Gasteiger partial charge in [-0.3, -0.25) is 0 Å². The number of nitrogens with zero attached hydrogens (tertiary/aromatic N) is 1. The van der Waals surface area contributed by atoms with Crippen molar-refractivity contribution in [3.8, 4) is 0 Å². The summed E-state index contributed by atoms with van der Waals surface area (Å²) in [4.78, 5) is 13.9. The maximum absolute atomic E-state index is 9.76. The predicted molar refractivity (Wildman–Crippen MR) is 48.4 cm³/mol. The molecular formula is C9H9NO3. The molecule has 13 heavy (non-hydrogen) atoms. The van der Waals surface area contributed by atoms with Crippen LogP contribution in [0, 0.1) is 10.1 Å². The van der Waals surface area contributed by atoms with Crippen molar-refractivity contribution in [3.05, 3.63) is 52.1 Å². The van der Waals surface area contributed by atoms with E-state index in [9.17, 15) is 10.1 Å². The van der Waals surface area contributed by atoms with E-state index in [0.29, 0.717) is 0 Å². The first-order valence-corrected chi connectivity index (χ1v) is 3.78. The molecule has 0 aromatic heterocycles. The number of benzene rings is 1. The highest BCUT2D eigenvalue weighted by Crippen LogP contribution is 2.00. The van der Waals surface area contributed by atoms with Crippen LogP contribution in [0.5, 0.6) is 0 Å². The molecule has 0 amide bonds. The maximum Gasteiger partial charge on any atom is 0.294 e. The Kier molecular flexibility index (Phi) is 3.50. The van der Waals surface area contributed by atoms with Crippen LogP contribution in [-0.4, -0.2) is 11.7 Å². The van der Waals surface area contributed by atoms with E-state index in [4.69, 9.17) is 0 Å². The van der Waals surface area contributed by atoms with Gasteiger partial charge in [0.05, 0.1) is 0 Å². The van der Waals surface area contributed by atoms with Gasteiger partial charge in [-0.05, 0) is 5.56 Å². The third-order valence-corrected chi connectivity index (χ3v) is 1.39. The van der Waals surface area contributed by atoms with Crippen molar-refractivity contribution in [1.29, 1.82) is 0 Å². The number of hydrogen-bond acceptors (Lipinski definition) is 3. The Morgan fingerprint density at radius 1 is 1.38 bits per heavy atom. The zero-order valence-electron chi connectivity index (χ0n) is 6.92. The fourth-order valence-corrected chi connectivity index (χ4v) is 0.852. The Hall–Kier alpha value is -1.84. The minimum Gasteiger partial charge on any atom is -0.310 e. The molecule has 0 aliphatic heterocycles. The van der Waals surface area contributed by atoms with Crippen molar-refractivity contribution >= 4 is 6.08 Å². The Morgan fingerprint density at radius 2 is 2.08 bits per heavy atom. The second-order valence-electron chi connectivity index (χ2n) is 2.33. The van der Waals surface area contributed by atoms with Crippen LogP contribution in [-0.2, 0) is 4.84 Å². The first kappa shape index (κ1) is 9.25. The zero-order valence-corrected chi connectivity index (χ0v) is 6.92. The van der Waals surface area contributed by atoms with Crippen molar-refractivity contribution in [2.24, 2.45) is 0 Å². The lowest BCUT2D eigenvalue weighted by Crippen LogP contribution is -1.99. The van der Waals surface area contributed by atoms with E-state index in [-0.39, 0.29) is 6.61 Å². The van der Waals surface area contributed by atoms with Crippen LogP contribution in [0.2, 0.25) is 0 Å². The van der Waals surface area contributed by atoms with Gasteiger partial charge in [-0.15, -0.1) is 10.1 Å². The van der Waals surface area contributed by atoms with E-state index < -0.39 is 5.09 Å². The fourth-order valence-electron chi connectivity index (χ4n) is 0.852. The summed E-state index contributed by atoms with van der Waals surface area (Å²) in [6.07, 6.45) is 3.36. The summed E-state index contributed by atoms with van der Waals surface area (Å²) >= 11 is 0. The molecule has 68 valence electrons. The summed E-state index contributed by atoms with van der Waals surface area (Å²) in [6, 6.07) is 9.51. The molecule has 4 heteroatoms. The highest BCUT2D eigenvalue weighted by atomic mass is 16.9. The lowest BCUT2D eigenvalue weighted by Gasteiger charge is -1.91. The van der Waals surface area contributed by atoms with Crippen molar-refractivity contribution in [3.63, 3.8) is 0 Å².